The van der Waals surface area contributed by atoms with Crippen LogP contribution in [0.2, 0.25) is 0 Å². The Labute approximate surface area is 270 Å². The Morgan fingerprint density at radius 1 is 0.896 bits per heavy atom. The number of nitrogens with one attached hydrogen (secondary N) is 1. The Morgan fingerprint density at radius 3 is 2.10 bits per heavy atom. The van der Waals surface area contributed by atoms with E-state index in [-0.39, 0.29) is 30.4 Å². The van der Waals surface area contributed by atoms with Gasteiger partial charge in [-0.3, -0.25) is 14.3 Å². The third-order valence-corrected chi connectivity index (χ3v) is 7.86. The maximum Gasteiger partial charge on any atom is 0.416 e. The number of halogens is 6. The van der Waals surface area contributed by atoms with Gasteiger partial charge < -0.3 is 10.2 Å². The molecule has 1 N–H and O–H groups in total. The maximum absolute atomic E-state index is 13.7. The second-order valence-electron chi connectivity index (χ2n) is 10.9. The lowest BCUT2D eigenvalue weighted by Crippen LogP contribution is -2.30. The van der Waals surface area contributed by atoms with Crippen molar-refractivity contribution in [2.24, 2.45) is 0 Å². The van der Waals surface area contributed by atoms with Crippen LogP contribution >= 0.6 is 0 Å². The average molecular weight is 692 g/mol. The van der Waals surface area contributed by atoms with E-state index in [4.69, 9.17) is 0 Å². The van der Waals surface area contributed by atoms with Crippen molar-refractivity contribution in [3.8, 4) is 0 Å². The van der Waals surface area contributed by atoms with E-state index in [1.807, 2.05) is 0 Å². The van der Waals surface area contributed by atoms with Crippen LogP contribution in [0.4, 0.5) is 55.4 Å². The molecule has 252 valence electrons. The quantitative estimate of drug-likeness (QED) is 0.166. The van der Waals surface area contributed by atoms with Gasteiger partial charge in [-0.15, -0.1) is 0 Å². The Balaban J connectivity index is 1.51. The number of hydrogen-bond donors (Lipinski definition) is 1. The van der Waals surface area contributed by atoms with E-state index in [0.29, 0.717) is 45.1 Å². The molecule has 10 nitrogen and oxygen atoms in total. The predicted molar refractivity (Wildman–Crippen MR) is 168 cm³/mol. The minimum atomic E-state index is -5.13. The molecule has 0 saturated heterocycles. The number of imidazole rings is 1. The van der Waals surface area contributed by atoms with Crippen LogP contribution < -0.4 is 15.1 Å². The summed E-state index contributed by atoms with van der Waals surface area (Å²) >= 11 is 0. The Bertz CT molecular complexity index is 2050. The molecule has 5 rings (SSSR count). The number of amides is 1. The first-order chi connectivity index (χ1) is 22.4. The number of carbonyl (C=O) groups excluding carboxylic acids is 1. The second-order valence-corrected chi connectivity index (χ2v) is 13.1. The van der Waals surface area contributed by atoms with Gasteiger partial charge in [0.05, 0.1) is 40.3 Å². The first-order valence-corrected chi connectivity index (χ1v) is 16.1. The predicted octanol–water partition coefficient (Wildman–Crippen LogP) is 6.93. The highest BCUT2D eigenvalue weighted by atomic mass is 32.2. The fourth-order valence-electron chi connectivity index (χ4n) is 4.90. The number of nitrogens with zero attached hydrogens (tertiary/aromatic N) is 6. The van der Waals surface area contributed by atoms with Gasteiger partial charge in [-0.2, -0.15) is 31.3 Å². The lowest BCUT2D eigenvalue weighted by atomic mass is 10.1. The van der Waals surface area contributed by atoms with E-state index in [2.05, 4.69) is 20.3 Å². The van der Waals surface area contributed by atoms with Crippen LogP contribution in [-0.2, 0) is 39.4 Å². The topological polar surface area (TPSA) is 113 Å². The average Bonchev–Trinajstić information content (AvgIpc) is 3.34. The van der Waals surface area contributed by atoms with Crippen LogP contribution in [0.25, 0.3) is 11.0 Å². The molecule has 0 aliphatic carbocycles. The molecular formula is C31H27F6N7O3S. The van der Waals surface area contributed by atoms with Crippen molar-refractivity contribution in [1.29, 1.82) is 0 Å². The molecule has 0 aliphatic rings. The van der Waals surface area contributed by atoms with Crippen molar-refractivity contribution in [3.05, 3.63) is 95.7 Å². The Kier molecular flexibility index (Phi) is 9.09. The van der Waals surface area contributed by atoms with Crippen LogP contribution in [0.15, 0.2) is 79.0 Å². The van der Waals surface area contributed by atoms with Gasteiger partial charge in [0.25, 0.3) is 0 Å². The summed E-state index contributed by atoms with van der Waals surface area (Å²) in [5, 5.41) is 3.02. The SMILES string of the molecule is CC(=O)N(c1cc(C(F)(F)F)cc(C(F)(F)F)c1)c1nc2ccccc2n1CN(C)c1ccnc(Nc2ccc(CS(C)(=O)=O)cc2)n1. The zero-order valence-corrected chi connectivity index (χ0v) is 26.3. The first-order valence-electron chi connectivity index (χ1n) is 14.0. The van der Waals surface area contributed by atoms with Crippen molar-refractivity contribution in [2.75, 3.05) is 28.4 Å². The van der Waals surface area contributed by atoms with Crippen LogP contribution in [0.1, 0.15) is 23.6 Å². The summed E-state index contributed by atoms with van der Waals surface area (Å²) in [5.74, 6) is -0.673. The molecule has 1 amide bonds. The van der Waals surface area contributed by atoms with Gasteiger partial charge in [0, 0.05) is 32.1 Å². The van der Waals surface area contributed by atoms with Gasteiger partial charge in [0.1, 0.15) is 5.82 Å². The summed E-state index contributed by atoms with van der Waals surface area (Å²) in [5.41, 5.74) is -1.88. The standard InChI is InChI=1S/C31H27F6N7O3S/c1-19(45)44(24-15-21(30(32,33)34)14-22(16-24)31(35,36)37)29-40-25-6-4-5-7-26(25)43(29)18-42(2)27-12-13-38-28(41-27)39-23-10-8-20(9-11-23)17-48(3,46)47/h4-16H,17-18H2,1-3H3,(H,38,39,41). The van der Waals surface area contributed by atoms with Crippen LogP contribution in [0.5, 0.6) is 0 Å². The molecule has 17 heteroatoms. The molecule has 0 spiro atoms. The van der Waals surface area contributed by atoms with Gasteiger partial charge in [0.15, 0.2) is 9.84 Å². The molecule has 0 bridgehead atoms. The first kappa shape index (κ1) is 34.2. The van der Waals surface area contributed by atoms with Gasteiger partial charge in [0.2, 0.25) is 17.8 Å². The van der Waals surface area contributed by atoms with Crippen molar-refractivity contribution >= 4 is 55.9 Å². The minimum absolute atomic E-state index is 0.0106. The number of hydrogen-bond acceptors (Lipinski definition) is 8. The molecule has 0 saturated carbocycles. The van der Waals surface area contributed by atoms with Gasteiger partial charge >= 0.3 is 12.4 Å². The number of carbonyl (C=O) groups is 1. The van der Waals surface area contributed by atoms with E-state index in [1.165, 1.54) is 10.8 Å². The molecule has 0 unspecified atom stereocenters. The van der Waals surface area contributed by atoms with E-state index in [0.717, 1.165) is 13.2 Å². The lowest BCUT2D eigenvalue weighted by Gasteiger charge is -2.26. The molecule has 0 atom stereocenters. The third kappa shape index (κ3) is 7.84. The van der Waals surface area contributed by atoms with Gasteiger partial charge in [-0.25, -0.2) is 18.4 Å². The van der Waals surface area contributed by atoms with E-state index < -0.39 is 44.9 Å². The second kappa shape index (κ2) is 12.8. The minimum Gasteiger partial charge on any atom is -0.341 e. The van der Waals surface area contributed by atoms with Gasteiger partial charge in [-0.05, 0) is 54.1 Å². The van der Waals surface area contributed by atoms with E-state index >= 15 is 0 Å². The summed E-state index contributed by atoms with van der Waals surface area (Å²) in [4.78, 5) is 28.5. The third-order valence-electron chi connectivity index (χ3n) is 7.00. The monoisotopic (exact) mass is 691 g/mol. The van der Waals surface area contributed by atoms with Crippen molar-refractivity contribution < 1.29 is 39.6 Å². The van der Waals surface area contributed by atoms with Crippen LogP contribution in [0.3, 0.4) is 0 Å². The number of benzene rings is 3. The lowest BCUT2D eigenvalue weighted by molar-refractivity contribution is -0.143. The molecule has 0 fully saturated rings. The van der Waals surface area contributed by atoms with Crippen molar-refractivity contribution in [1.82, 2.24) is 19.5 Å². The van der Waals surface area contributed by atoms with E-state index in [1.54, 1.807) is 66.5 Å². The molecule has 2 heterocycles. The summed E-state index contributed by atoms with van der Waals surface area (Å²) in [6.45, 7) is 0.915. The van der Waals surface area contributed by atoms with Crippen molar-refractivity contribution in [2.45, 2.75) is 31.7 Å². The Hall–Kier alpha value is -5.19. The number of sulfone groups is 1. The molecule has 48 heavy (non-hydrogen) atoms. The zero-order valence-electron chi connectivity index (χ0n) is 25.5. The maximum atomic E-state index is 13.7. The number of aromatic nitrogens is 4. The number of para-hydroxylation sites is 2. The van der Waals surface area contributed by atoms with Crippen molar-refractivity contribution in [3.63, 3.8) is 0 Å². The molecule has 3 aromatic carbocycles. The molecule has 0 radical (unpaired) electrons. The number of anilines is 5. The fourth-order valence-corrected chi connectivity index (χ4v) is 5.70. The highest BCUT2D eigenvalue weighted by Crippen LogP contribution is 2.40. The van der Waals surface area contributed by atoms with E-state index in [9.17, 15) is 39.6 Å². The molecule has 0 aliphatic heterocycles. The number of rotatable bonds is 9. The summed E-state index contributed by atoms with van der Waals surface area (Å²) in [7, 11) is -1.58. The number of fused-ring (bicyclic) bond motifs is 1. The summed E-state index contributed by atoms with van der Waals surface area (Å²) in [6.07, 6.45) is -7.65. The normalized spacial score (nSPS) is 12.3. The molecule has 5 aromatic rings. The molecule has 2 aromatic heterocycles. The fraction of sp³-hybridized carbons (Fsp3) is 0.226. The summed E-state index contributed by atoms with van der Waals surface area (Å²) < 4.78 is 107. The van der Waals surface area contributed by atoms with Crippen LogP contribution in [0, 0.1) is 0 Å². The highest BCUT2D eigenvalue weighted by molar-refractivity contribution is 7.89. The molecular weight excluding hydrogens is 664 g/mol. The highest BCUT2D eigenvalue weighted by Gasteiger charge is 2.38. The Morgan fingerprint density at radius 2 is 1.52 bits per heavy atom. The smallest absolute Gasteiger partial charge is 0.341 e. The van der Waals surface area contributed by atoms with Crippen LogP contribution in [-0.4, -0.2) is 47.1 Å². The largest absolute Gasteiger partial charge is 0.416 e. The summed E-state index contributed by atoms with van der Waals surface area (Å²) in [6, 6.07) is 15.7. The van der Waals surface area contributed by atoms with Gasteiger partial charge in [-0.1, -0.05) is 24.3 Å². The number of alkyl halides is 6. The zero-order chi connectivity index (χ0) is 35.0.